The van der Waals surface area contributed by atoms with Crippen molar-refractivity contribution in [3.63, 3.8) is 0 Å². The van der Waals surface area contributed by atoms with E-state index >= 15 is 0 Å². The molecule has 0 spiro atoms. The van der Waals surface area contributed by atoms with Gasteiger partial charge in [-0.25, -0.2) is 0 Å². The minimum Gasteiger partial charge on any atom is -0.441 e. The van der Waals surface area contributed by atoms with E-state index in [2.05, 4.69) is 22.5 Å². The molecule has 0 aliphatic carbocycles. The molecule has 0 aromatic carbocycles. The van der Waals surface area contributed by atoms with E-state index in [0.717, 1.165) is 51.0 Å². The van der Waals surface area contributed by atoms with Gasteiger partial charge in [0.25, 0.3) is 0 Å². The Morgan fingerprint density at radius 1 is 1.50 bits per heavy atom. The number of hydrogen-bond donors (Lipinski definition) is 1. The molecule has 1 fully saturated rings. The summed E-state index contributed by atoms with van der Waals surface area (Å²) >= 11 is 3.94. The molecule has 2 rings (SSSR count). The van der Waals surface area contributed by atoms with E-state index in [9.17, 15) is 4.79 Å². The highest BCUT2D eigenvalue weighted by molar-refractivity contribution is 7.81. The van der Waals surface area contributed by atoms with Gasteiger partial charge in [-0.1, -0.05) is 0 Å². The van der Waals surface area contributed by atoms with E-state index in [1.165, 1.54) is 0 Å². The van der Waals surface area contributed by atoms with Crippen LogP contribution in [0, 0.1) is 0 Å². The Morgan fingerprint density at radius 3 is 3.19 bits per heavy atom. The van der Waals surface area contributed by atoms with Crippen molar-refractivity contribution in [3.8, 4) is 0 Å². The smallest absolute Gasteiger partial charge is 0.317 e. The summed E-state index contributed by atoms with van der Waals surface area (Å²) < 4.78 is 5.42. The molecule has 0 radical (unpaired) electrons. The normalized spacial score (nSPS) is 25.4. The molecule has 0 aromatic rings. The maximum atomic E-state index is 11.3. The van der Waals surface area contributed by atoms with Gasteiger partial charge in [0.1, 0.15) is 5.84 Å². The summed E-state index contributed by atoms with van der Waals surface area (Å²) in [5, 5.41) is 0. The van der Waals surface area contributed by atoms with E-state index < -0.39 is 0 Å². The number of carbonyl (C=O) groups excluding carboxylic acids is 1. The van der Waals surface area contributed by atoms with Crippen LogP contribution >= 0.6 is 12.6 Å². The van der Waals surface area contributed by atoms with Gasteiger partial charge in [0, 0.05) is 25.9 Å². The summed E-state index contributed by atoms with van der Waals surface area (Å²) in [4.78, 5) is 18.0. The van der Waals surface area contributed by atoms with Crippen LogP contribution in [-0.4, -0.2) is 41.8 Å². The molecule has 0 amide bonds. The van der Waals surface area contributed by atoms with Gasteiger partial charge in [-0.3, -0.25) is 9.79 Å². The first kappa shape index (κ1) is 11.8. The number of rotatable bonds is 2. The fourth-order valence-electron chi connectivity index (χ4n) is 2.27. The van der Waals surface area contributed by atoms with Crippen molar-refractivity contribution >= 4 is 24.4 Å². The number of hydrogen-bond acceptors (Lipinski definition) is 5. The molecule has 2 heterocycles. The Bertz CT molecular complexity index is 294. The van der Waals surface area contributed by atoms with Gasteiger partial charge in [0.05, 0.1) is 5.75 Å². The van der Waals surface area contributed by atoms with E-state index in [0.29, 0.717) is 0 Å². The van der Waals surface area contributed by atoms with Crippen molar-refractivity contribution in [3.05, 3.63) is 0 Å². The Kier molecular flexibility index (Phi) is 4.09. The van der Waals surface area contributed by atoms with Crippen LogP contribution < -0.4 is 0 Å². The highest BCUT2D eigenvalue weighted by atomic mass is 32.1. The summed E-state index contributed by atoms with van der Waals surface area (Å²) in [5.41, 5.74) is 0. The summed E-state index contributed by atoms with van der Waals surface area (Å²) in [6.07, 6.45) is 5.12. The van der Waals surface area contributed by atoms with Crippen molar-refractivity contribution < 1.29 is 9.53 Å². The Labute approximate surface area is 101 Å². The Morgan fingerprint density at radius 2 is 2.38 bits per heavy atom. The second-order valence-electron chi connectivity index (χ2n) is 4.19. The van der Waals surface area contributed by atoms with Gasteiger partial charge in [-0.2, -0.15) is 12.6 Å². The maximum Gasteiger partial charge on any atom is 0.317 e. The zero-order valence-electron chi connectivity index (χ0n) is 9.39. The first-order valence-electron chi connectivity index (χ1n) is 5.91. The van der Waals surface area contributed by atoms with Crippen molar-refractivity contribution in [2.75, 3.05) is 18.8 Å². The van der Waals surface area contributed by atoms with E-state index in [1.54, 1.807) is 0 Å². The lowest BCUT2D eigenvalue weighted by Gasteiger charge is -2.34. The number of ether oxygens (including phenoxy) is 1. The number of aliphatic imine (C=N–C) groups is 1. The molecule has 0 bridgehead atoms. The molecular formula is C11H18N2O2S. The summed E-state index contributed by atoms with van der Waals surface area (Å²) in [5.74, 6) is 1.04. The molecule has 0 N–H and O–H groups in total. The minimum atomic E-state index is -0.236. The number of nitrogens with zero attached hydrogens (tertiary/aromatic N) is 2. The van der Waals surface area contributed by atoms with Gasteiger partial charge in [0.2, 0.25) is 0 Å². The van der Waals surface area contributed by atoms with Gasteiger partial charge < -0.3 is 9.64 Å². The number of carbonyl (C=O) groups is 1. The standard InChI is InChI=1S/C11H18N2O2S/c14-11(8-16)15-10-5-2-1-4-9-12-6-3-7-13(9)10/h10,16H,1-8H2. The highest BCUT2D eigenvalue weighted by Gasteiger charge is 2.28. The molecular weight excluding hydrogens is 224 g/mol. The first-order chi connectivity index (χ1) is 7.81. The molecule has 90 valence electrons. The van der Waals surface area contributed by atoms with E-state index in [4.69, 9.17) is 4.74 Å². The average Bonchev–Trinajstić information content (AvgIpc) is 2.52. The fraction of sp³-hybridized carbons (Fsp3) is 0.818. The molecule has 2 aliphatic rings. The molecule has 2 aliphatic heterocycles. The van der Waals surface area contributed by atoms with Crippen molar-refractivity contribution in [2.24, 2.45) is 4.99 Å². The van der Waals surface area contributed by atoms with Crippen LogP contribution in [0.2, 0.25) is 0 Å². The largest absolute Gasteiger partial charge is 0.441 e. The van der Waals surface area contributed by atoms with Gasteiger partial charge >= 0.3 is 5.97 Å². The van der Waals surface area contributed by atoms with Crippen LogP contribution in [0.4, 0.5) is 0 Å². The first-order valence-corrected chi connectivity index (χ1v) is 6.55. The quantitative estimate of drug-likeness (QED) is 0.589. The third-order valence-electron chi connectivity index (χ3n) is 3.03. The number of thiol groups is 1. The molecule has 0 aromatic heterocycles. The second kappa shape index (κ2) is 5.57. The van der Waals surface area contributed by atoms with Crippen LogP contribution in [0.3, 0.4) is 0 Å². The predicted octanol–water partition coefficient (Wildman–Crippen LogP) is 1.46. The number of fused-ring (bicyclic) bond motifs is 1. The van der Waals surface area contributed by atoms with Crippen LogP contribution in [0.25, 0.3) is 0 Å². The summed E-state index contributed by atoms with van der Waals surface area (Å²) in [6.45, 7) is 1.88. The lowest BCUT2D eigenvalue weighted by molar-refractivity contribution is -0.152. The minimum absolute atomic E-state index is 0.110. The molecule has 0 saturated carbocycles. The van der Waals surface area contributed by atoms with Crippen LogP contribution in [0.5, 0.6) is 0 Å². The van der Waals surface area contributed by atoms with E-state index in [-0.39, 0.29) is 18.0 Å². The molecule has 1 saturated heterocycles. The third-order valence-corrected chi connectivity index (χ3v) is 3.29. The molecule has 1 unspecified atom stereocenters. The summed E-state index contributed by atoms with van der Waals surface area (Å²) in [6, 6.07) is 0. The predicted molar refractivity (Wildman–Crippen MR) is 65.8 cm³/mol. The lowest BCUT2D eigenvalue weighted by atomic mass is 10.2. The number of esters is 1. The third kappa shape index (κ3) is 2.70. The van der Waals surface area contributed by atoms with Gasteiger partial charge in [-0.05, 0) is 19.3 Å². The average molecular weight is 242 g/mol. The van der Waals surface area contributed by atoms with Gasteiger partial charge in [0.15, 0.2) is 6.23 Å². The number of amidine groups is 1. The van der Waals surface area contributed by atoms with Crippen molar-refractivity contribution in [1.29, 1.82) is 0 Å². The SMILES string of the molecule is O=C(CS)OC1CCCCC2=NCCCN21. The van der Waals surface area contributed by atoms with Crippen molar-refractivity contribution in [1.82, 2.24) is 4.90 Å². The zero-order chi connectivity index (χ0) is 11.4. The van der Waals surface area contributed by atoms with Crippen molar-refractivity contribution in [2.45, 2.75) is 38.3 Å². The molecule has 4 nitrogen and oxygen atoms in total. The van der Waals surface area contributed by atoms with Gasteiger partial charge in [-0.15, -0.1) is 0 Å². The van der Waals surface area contributed by atoms with Crippen LogP contribution in [0.1, 0.15) is 32.1 Å². The molecule has 16 heavy (non-hydrogen) atoms. The Hall–Kier alpha value is -0.710. The second-order valence-corrected chi connectivity index (χ2v) is 4.51. The fourth-order valence-corrected chi connectivity index (χ4v) is 2.35. The zero-order valence-corrected chi connectivity index (χ0v) is 10.3. The Balaban J connectivity index is 2.06. The lowest BCUT2D eigenvalue weighted by Crippen LogP contribution is -2.44. The molecule has 5 heteroatoms. The topological polar surface area (TPSA) is 41.9 Å². The van der Waals surface area contributed by atoms with Crippen LogP contribution in [0.15, 0.2) is 4.99 Å². The van der Waals surface area contributed by atoms with Crippen LogP contribution in [-0.2, 0) is 9.53 Å². The molecule has 1 atom stereocenters. The maximum absolute atomic E-state index is 11.3. The monoisotopic (exact) mass is 242 g/mol. The highest BCUT2D eigenvalue weighted by Crippen LogP contribution is 2.22. The van der Waals surface area contributed by atoms with E-state index in [1.807, 2.05) is 0 Å². The summed E-state index contributed by atoms with van der Waals surface area (Å²) in [7, 11) is 0.